The molecule has 4 rings (SSSR count). The number of carbonyl (C=O) groups is 1. The maximum atomic E-state index is 12.7. The lowest BCUT2D eigenvalue weighted by Gasteiger charge is -2.12. The summed E-state index contributed by atoms with van der Waals surface area (Å²) < 4.78 is 0. The van der Waals surface area contributed by atoms with Crippen LogP contribution in [-0.4, -0.2) is 22.6 Å². The molecule has 5 nitrogen and oxygen atoms in total. The molecule has 0 bridgehead atoms. The summed E-state index contributed by atoms with van der Waals surface area (Å²) in [5, 5.41) is 13.4. The topological polar surface area (TPSA) is 69.8 Å². The third-order valence-electron chi connectivity index (χ3n) is 5.16. The summed E-state index contributed by atoms with van der Waals surface area (Å²) in [6.07, 6.45) is 6.94. The standard InChI is InChI=1S/C22H24N4O/c27-22(20-15-24-26-21(20)17-8-2-1-3-9-17)25-19-12-10-18(11-13-19)23-14-16-6-4-5-7-16/h1-3,8-13,15-16,23H,4-7,14H2,(H,24,26)(H,25,27). The zero-order valence-corrected chi connectivity index (χ0v) is 15.2. The minimum atomic E-state index is -0.172. The predicted molar refractivity (Wildman–Crippen MR) is 109 cm³/mol. The fraction of sp³-hybridized carbons (Fsp3) is 0.273. The van der Waals surface area contributed by atoms with Gasteiger partial charge in [0, 0.05) is 23.5 Å². The van der Waals surface area contributed by atoms with E-state index in [-0.39, 0.29) is 5.91 Å². The molecule has 1 heterocycles. The van der Waals surface area contributed by atoms with E-state index in [2.05, 4.69) is 20.8 Å². The smallest absolute Gasteiger partial charge is 0.259 e. The summed E-state index contributed by atoms with van der Waals surface area (Å²) in [7, 11) is 0. The molecule has 27 heavy (non-hydrogen) atoms. The molecule has 3 N–H and O–H groups in total. The number of nitrogens with zero attached hydrogens (tertiary/aromatic N) is 1. The van der Waals surface area contributed by atoms with Gasteiger partial charge in [0.1, 0.15) is 0 Å². The molecule has 1 amide bonds. The summed E-state index contributed by atoms with van der Waals surface area (Å²) in [5.74, 6) is 0.621. The Balaban J connectivity index is 1.39. The van der Waals surface area contributed by atoms with E-state index in [1.807, 2.05) is 54.6 Å². The third-order valence-corrected chi connectivity index (χ3v) is 5.16. The number of hydrogen-bond acceptors (Lipinski definition) is 3. The number of carbonyl (C=O) groups excluding carboxylic acids is 1. The van der Waals surface area contributed by atoms with Crippen LogP contribution in [0, 0.1) is 5.92 Å². The van der Waals surface area contributed by atoms with Crippen LogP contribution in [0.2, 0.25) is 0 Å². The van der Waals surface area contributed by atoms with E-state index in [4.69, 9.17) is 0 Å². The molecule has 1 saturated carbocycles. The Labute approximate surface area is 159 Å². The van der Waals surface area contributed by atoms with Crippen molar-refractivity contribution in [2.45, 2.75) is 25.7 Å². The molecule has 0 radical (unpaired) electrons. The van der Waals surface area contributed by atoms with Crippen molar-refractivity contribution in [2.75, 3.05) is 17.2 Å². The number of aromatic amines is 1. The number of nitrogens with one attached hydrogen (secondary N) is 3. The number of H-pyrrole nitrogens is 1. The first-order valence-corrected chi connectivity index (χ1v) is 9.53. The average Bonchev–Trinajstić information content (AvgIpc) is 3.40. The molecule has 1 fully saturated rings. The zero-order valence-electron chi connectivity index (χ0n) is 15.2. The van der Waals surface area contributed by atoms with Gasteiger partial charge in [0.15, 0.2) is 0 Å². The van der Waals surface area contributed by atoms with Crippen molar-refractivity contribution in [3.8, 4) is 11.3 Å². The van der Waals surface area contributed by atoms with E-state index >= 15 is 0 Å². The summed E-state index contributed by atoms with van der Waals surface area (Å²) >= 11 is 0. The number of aromatic nitrogens is 2. The lowest BCUT2D eigenvalue weighted by Crippen LogP contribution is -2.13. The van der Waals surface area contributed by atoms with Crippen LogP contribution in [-0.2, 0) is 0 Å². The van der Waals surface area contributed by atoms with Crippen molar-refractivity contribution in [2.24, 2.45) is 5.92 Å². The van der Waals surface area contributed by atoms with Crippen LogP contribution >= 0.6 is 0 Å². The molecule has 3 aromatic rings. The van der Waals surface area contributed by atoms with Gasteiger partial charge in [0.05, 0.1) is 17.5 Å². The van der Waals surface area contributed by atoms with Gasteiger partial charge in [-0.1, -0.05) is 43.2 Å². The summed E-state index contributed by atoms with van der Waals surface area (Å²) in [4.78, 5) is 12.7. The van der Waals surface area contributed by atoms with Crippen molar-refractivity contribution in [1.82, 2.24) is 10.2 Å². The average molecular weight is 360 g/mol. The van der Waals surface area contributed by atoms with Gasteiger partial charge in [-0.2, -0.15) is 5.10 Å². The van der Waals surface area contributed by atoms with Crippen LogP contribution in [0.1, 0.15) is 36.0 Å². The molecule has 1 aliphatic carbocycles. The predicted octanol–water partition coefficient (Wildman–Crippen LogP) is 4.93. The van der Waals surface area contributed by atoms with Gasteiger partial charge in [-0.25, -0.2) is 0 Å². The molecule has 0 atom stereocenters. The van der Waals surface area contributed by atoms with Crippen LogP contribution in [0.5, 0.6) is 0 Å². The molecular formula is C22H24N4O. The second kappa shape index (κ2) is 8.08. The molecule has 2 aromatic carbocycles. The van der Waals surface area contributed by atoms with Crippen LogP contribution in [0.4, 0.5) is 11.4 Å². The number of benzene rings is 2. The maximum Gasteiger partial charge on any atom is 0.259 e. The third kappa shape index (κ3) is 4.19. The number of hydrogen-bond donors (Lipinski definition) is 3. The number of amides is 1. The van der Waals surface area contributed by atoms with E-state index in [0.29, 0.717) is 5.56 Å². The first-order chi connectivity index (χ1) is 13.3. The van der Waals surface area contributed by atoms with Crippen LogP contribution in [0.25, 0.3) is 11.3 Å². The SMILES string of the molecule is O=C(Nc1ccc(NCC2CCCC2)cc1)c1cn[nH]c1-c1ccccc1. The molecular weight excluding hydrogens is 336 g/mol. The first-order valence-electron chi connectivity index (χ1n) is 9.53. The highest BCUT2D eigenvalue weighted by Gasteiger charge is 2.16. The van der Waals surface area contributed by atoms with E-state index in [0.717, 1.165) is 35.1 Å². The minimum absolute atomic E-state index is 0.172. The van der Waals surface area contributed by atoms with E-state index in [1.54, 1.807) is 6.20 Å². The van der Waals surface area contributed by atoms with Gasteiger partial charge in [-0.15, -0.1) is 0 Å². The molecule has 0 aliphatic heterocycles. The Kier molecular flexibility index (Phi) is 5.19. The molecule has 1 aromatic heterocycles. The highest BCUT2D eigenvalue weighted by atomic mass is 16.1. The normalized spacial score (nSPS) is 14.2. The highest BCUT2D eigenvalue weighted by Crippen LogP contribution is 2.25. The maximum absolute atomic E-state index is 12.7. The van der Waals surface area contributed by atoms with E-state index in [1.165, 1.54) is 25.7 Å². The Morgan fingerprint density at radius 2 is 1.70 bits per heavy atom. The van der Waals surface area contributed by atoms with Crippen molar-refractivity contribution in [1.29, 1.82) is 0 Å². The first kappa shape index (κ1) is 17.3. The van der Waals surface area contributed by atoms with Gasteiger partial charge >= 0.3 is 0 Å². The van der Waals surface area contributed by atoms with Crippen molar-refractivity contribution in [3.63, 3.8) is 0 Å². The largest absolute Gasteiger partial charge is 0.385 e. The van der Waals surface area contributed by atoms with Crippen LogP contribution < -0.4 is 10.6 Å². The minimum Gasteiger partial charge on any atom is -0.385 e. The summed E-state index contributed by atoms with van der Waals surface area (Å²) in [5.41, 5.74) is 4.05. The zero-order chi connectivity index (χ0) is 18.5. The lowest BCUT2D eigenvalue weighted by atomic mass is 10.1. The van der Waals surface area contributed by atoms with E-state index < -0.39 is 0 Å². The molecule has 0 unspecified atom stereocenters. The highest BCUT2D eigenvalue weighted by molar-refractivity contribution is 6.08. The van der Waals surface area contributed by atoms with Gasteiger partial charge in [-0.05, 0) is 43.0 Å². The van der Waals surface area contributed by atoms with Gasteiger partial charge < -0.3 is 10.6 Å². The second-order valence-corrected chi connectivity index (χ2v) is 7.09. The van der Waals surface area contributed by atoms with Crippen molar-refractivity contribution >= 4 is 17.3 Å². The molecule has 0 spiro atoms. The van der Waals surface area contributed by atoms with Crippen LogP contribution in [0.15, 0.2) is 60.8 Å². The monoisotopic (exact) mass is 360 g/mol. The molecule has 1 aliphatic rings. The molecule has 138 valence electrons. The van der Waals surface area contributed by atoms with Crippen molar-refractivity contribution in [3.05, 3.63) is 66.4 Å². The van der Waals surface area contributed by atoms with E-state index in [9.17, 15) is 4.79 Å². The quantitative estimate of drug-likeness (QED) is 0.584. The summed E-state index contributed by atoms with van der Waals surface area (Å²) in [6.45, 7) is 1.03. The second-order valence-electron chi connectivity index (χ2n) is 7.09. The Morgan fingerprint density at radius 1 is 1.00 bits per heavy atom. The van der Waals surface area contributed by atoms with Crippen LogP contribution in [0.3, 0.4) is 0 Å². The number of rotatable bonds is 6. The van der Waals surface area contributed by atoms with Crippen molar-refractivity contribution < 1.29 is 4.79 Å². The summed E-state index contributed by atoms with van der Waals surface area (Å²) in [6, 6.07) is 17.6. The Morgan fingerprint density at radius 3 is 2.44 bits per heavy atom. The molecule has 5 heteroatoms. The van der Waals surface area contributed by atoms with Gasteiger partial charge in [-0.3, -0.25) is 9.89 Å². The lowest BCUT2D eigenvalue weighted by molar-refractivity contribution is 0.102. The van der Waals surface area contributed by atoms with Gasteiger partial charge in [0.2, 0.25) is 0 Å². The Bertz CT molecular complexity index is 880. The number of anilines is 2. The fourth-order valence-electron chi connectivity index (χ4n) is 3.63. The fourth-order valence-corrected chi connectivity index (χ4v) is 3.63. The Hall–Kier alpha value is -3.08. The van der Waals surface area contributed by atoms with Gasteiger partial charge in [0.25, 0.3) is 5.91 Å². The molecule has 0 saturated heterocycles.